The predicted octanol–water partition coefficient (Wildman–Crippen LogP) is 2.96. The molecule has 0 atom stereocenters. The number of carbonyl (C=O) groups excluding carboxylic acids is 2. The van der Waals surface area contributed by atoms with E-state index in [-0.39, 0.29) is 17.3 Å². The van der Waals surface area contributed by atoms with Crippen LogP contribution in [-0.2, 0) is 9.53 Å². The average Bonchev–Trinajstić information content (AvgIpc) is 2.63. The first-order valence-corrected chi connectivity index (χ1v) is 7.63. The summed E-state index contributed by atoms with van der Waals surface area (Å²) >= 11 is 0. The Morgan fingerprint density at radius 3 is 2.71 bits per heavy atom. The summed E-state index contributed by atoms with van der Waals surface area (Å²) in [4.78, 5) is 26.6. The number of fused-ring (bicyclic) bond motifs is 1. The molecule has 1 fully saturated rings. The Kier molecular flexibility index (Phi) is 3.81. The lowest BCUT2D eigenvalue weighted by Gasteiger charge is -2.41. The van der Waals surface area contributed by atoms with Gasteiger partial charge in [0.2, 0.25) is 5.91 Å². The largest absolute Gasteiger partial charge is 0.378 e. The second-order valence-corrected chi connectivity index (χ2v) is 6.01. The molecule has 1 amide bonds. The number of para-hydroxylation sites is 1. The summed E-state index contributed by atoms with van der Waals surface area (Å²) < 4.78 is 5.56. The van der Waals surface area contributed by atoms with Crippen molar-refractivity contribution in [3.8, 4) is 0 Å². The number of hydrogen-bond acceptors (Lipinski definition) is 3. The van der Waals surface area contributed by atoms with Crippen molar-refractivity contribution in [3.05, 3.63) is 29.8 Å². The molecular weight excluding hydrogens is 266 g/mol. The summed E-state index contributed by atoms with van der Waals surface area (Å²) in [7, 11) is 1.69. The van der Waals surface area contributed by atoms with E-state index in [0.29, 0.717) is 24.9 Å². The molecule has 0 N–H and O–H groups in total. The molecule has 0 unspecified atom stereocenters. The van der Waals surface area contributed by atoms with E-state index < -0.39 is 0 Å². The van der Waals surface area contributed by atoms with Gasteiger partial charge in [-0.2, -0.15) is 0 Å². The summed E-state index contributed by atoms with van der Waals surface area (Å²) in [6.07, 6.45) is 4.66. The second kappa shape index (κ2) is 5.60. The molecule has 0 saturated heterocycles. The van der Waals surface area contributed by atoms with Gasteiger partial charge in [-0.05, 0) is 37.8 Å². The number of methoxy groups -OCH3 is 1. The van der Waals surface area contributed by atoms with E-state index >= 15 is 0 Å². The third-order valence-corrected chi connectivity index (χ3v) is 4.75. The smallest absolute Gasteiger partial charge is 0.229 e. The molecule has 1 heterocycles. The zero-order chi connectivity index (χ0) is 14.9. The van der Waals surface area contributed by atoms with E-state index in [0.717, 1.165) is 31.4 Å². The number of rotatable bonds is 3. The molecule has 112 valence electrons. The Labute approximate surface area is 125 Å². The predicted molar refractivity (Wildman–Crippen MR) is 80.6 cm³/mol. The minimum Gasteiger partial charge on any atom is -0.378 e. The molecule has 1 saturated carbocycles. The third-order valence-electron chi connectivity index (χ3n) is 4.75. The van der Waals surface area contributed by atoms with Crippen LogP contribution in [0.1, 0.15) is 48.9 Å². The van der Waals surface area contributed by atoms with Gasteiger partial charge < -0.3 is 9.64 Å². The van der Waals surface area contributed by atoms with Crippen LogP contribution in [0, 0.1) is 0 Å². The highest BCUT2D eigenvalue weighted by molar-refractivity contribution is 6.06. The van der Waals surface area contributed by atoms with Gasteiger partial charge in [-0.3, -0.25) is 9.59 Å². The average molecular weight is 287 g/mol. The molecule has 0 spiro atoms. The normalized spacial score (nSPS) is 20.4. The molecule has 4 heteroatoms. The van der Waals surface area contributed by atoms with Crippen LogP contribution in [0.25, 0.3) is 0 Å². The van der Waals surface area contributed by atoms with Gasteiger partial charge >= 0.3 is 0 Å². The van der Waals surface area contributed by atoms with Crippen LogP contribution in [0.3, 0.4) is 0 Å². The van der Waals surface area contributed by atoms with Crippen molar-refractivity contribution >= 4 is 17.4 Å². The summed E-state index contributed by atoms with van der Waals surface area (Å²) in [5.41, 5.74) is 1.15. The van der Waals surface area contributed by atoms with E-state index in [9.17, 15) is 9.59 Å². The van der Waals surface area contributed by atoms with Gasteiger partial charge in [0.05, 0.1) is 17.7 Å². The molecule has 1 aromatic carbocycles. The van der Waals surface area contributed by atoms with Crippen molar-refractivity contribution in [1.29, 1.82) is 0 Å². The number of ether oxygens (including phenoxy) is 1. The topological polar surface area (TPSA) is 46.6 Å². The maximum Gasteiger partial charge on any atom is 0.229 e. The van der Waals surface area contributed by atoms with Gasteiger partial charge in [-0.15, -0.1) is 0 Å². The number of Topliss-reactive ketones (excluding diaryl/α,β-unsaturated/α-hetero) is 1. The zero-order valence-electron chi connectivity index (χ0n) is 12.4. The van der Waals surface area contributed by atoms with E-state index in [1.807, 2.05) is 24.3 Å². The first kappa shape index (κ1) is 14.3. The van der Waals surface area contributed by atoms with E-state index in [1.165, 1.54) is 0 Å². The van der Waals surface area contributed by atoms with Gasteiger partial charge in [-0.25, -0.2) is 0 Å². The van der Waals surface area contributed by atoms with Crippen LogP contribution in [0.5, 0.6) is 0 Å². The van der Waals surface area contributed by atoms with Crippen LogP contribution >= 0.6 is 0 Å². The highest BCUT2D eigenvalue weighted by atomic mass is 16.5. The molecule has 0 bridgehead atoms. The summed E-state index contributed by atoms with van der Waals surface area (Å²) in [5.74, 6) is 0.199. The zero-order valence-corrected chi connectivity index (χ0v) is 12.4. The van der Waals surface area contributed by atoms with Crippen LogP contribution in [0.2, 0.25) is 0 Å². The van der Waals surface area contributed by atoms with E-state index in [2.05, 4.69) is 0 Å². The molecule has 1 aliphatic heterocycles. The summed E-state index contributed by atoms with van der Waals surface area (Å²) in [6.45, 7) is 0.612. The fourth-order valence-electron chi connectivity index (χ4n) is 3.25. The molecule has 4 nitrogen and oxygen atoms in total. The van der Waals surface area contributed by atoms with Crippen LogP contribution in [0.4, 0.5) is 5.69 Å². The van der Waals surface area contributed by atoms with Gasteiger partial charge in [0.25, 0.3) is 0 Å². The van der Waals surface area contributed by atoms with Crippen LogP contribution in [0.15, 0.2) is 24.3 Å². The quantitative estimate of drug-likeness (QED) is 0.858. The van der Waals surface area contributed by atoms with Crippen molar-refractivity contribution in [3.63, 3.8) is 0 Å². The van der Waals surface area contributed by atoms with Crippen molar-refractivity contribution in [1.82, 2.24) is 0 Å². The lowest BCUT2D eigenvalue weighted by molar-refractivity contribution is -0.131. The van der Waals surface area contributed by atoms with E-state index in [4.69, 9.17) is 4.74 Å². The Morgan fingerprint density at radius 1 is 1.29 bits per heavy atom. The lowest BCUT2D eigenvalue weighted by atomic mass is 9.77. The SMILES string of the molecule is COC1(CC(=O)N2CCCC(=O)c3ccccc32)CCC1. The number of carbonyl (C=O) groups is 2. The van der Waals surface area contributed by atoms with Crippen molar-refractivity contribution < 1.29 is 14.3 Å². The molecule has 21 heavy (non-hydrogen) atoms. The third kappa shape index (κ3) is 2.60. The lowest BCUT2D eigenvalue weighted by Crippen LogP contribution is -2.45. The van der Waals surface area contributed by atoms with Gasteiger partial charge in [-0.1, -0.05) is 12.1 Å². The highest BCUT2D eigenvalue weighted by Gasteiger charge is 2.40. The Hall–Kier alpha value is -1.68. The standard InChI is InChI=1S/C17H21NO3/c1-21-17(9-5-10-17)12-16(20)18-11-4-8-15(19)13-6-2-3-7-14(13)18/h2-3,6-7H,4-5,8-12H2,1H3. The number of amides is 1. The molecule has 0 radical (unpaired) electrons. The fourth-order valence-corrected chi connectivity index (χ4v) is 3.25. The van der Waals surface area contributed by atoms with Crippen LogP contribution < -0.4 is 4.90 Å². The van der Waals surface area contributed by atoms with E-state index in [1.54, 1.807) is 12.0 Å². The molecule has 1 aliphatic carbocycles. The number of anilines is 1. The maximum atomic E-state index is 12.7. The first-order valence-electron chi connectivity index (χ1n) is 7.63. The number of hydrogen-bond donors (Lipinski definition) is 0. The van der Waals surface area contributed by atoms with Gasteiger partial charge in [0, 0.05) is 25.6 Å². The van der Waals surface area contributed by atoms with Crippen molar-refractivity contribution in [2.45, 2.75) is 44.1 Å². The van der Waals surface area contributed by atoms with Crippen molar-refractivity contribution in [2.75, 3.05) is 18.6 Å². The van der Waals surface area contributed by atoms with Gasteiger partial charge in [0.1, 0.15) is 0 Å². The summed E-state index contributed by atoms with van der Waals surface area (Å²) in [5, 5.41) is 0. The maximum absolute atomic E-state index is 12.7. The molecule has 3 rings (SSSR count). The second-order valence-electron chi connectivity index (χ2n) is 6.01. The van der Waals surface area contributed by atoms with Gasteiger partial charge in [0.15, 0.2) is 5.78 Å². The Bertz CT molecular complexity index is 557. The molecular formula is C17H21NO3. The van der Waals surface area contributed by atoms with Crippen molar-refractivity contribution in [2.24, 2.45) is 0 Å². The first-order chi connectivity index (χ1) is 10.2. The summed E-state index contributed by atoms with van der Waals surface area (Å²) in [6, 6.07) is 7.43. The minimum atomic E-state index is -0.275. The number of nitrogens with zero attached hydrogens (tertiary/aromatic N) is 1. The highest BCUT2D eigenvalue weighted by Crippen LogP contribution is 2.39. The number of ketones is 1. The fraction of sp³-hybridized carbons (Fsp3) is 0.529. The molecule has 0 aromatic heterocycles. The van der Waals surface area contributed by atoms with Crippen LogP contribution in [-0.4, -0.2) is 30.9 Å². The molecule has 2 aliphatic rings. The number of benzene rings is 1. The Morgan fingerprint density at radius 2 is 2.05 bits per heavy atom. The monoisotopic (exact) mass is 287 g/mol. The molecule has 1 aromatic rings. The Balaban J connectivity index is 1.85. The minimum absolute atomic E-state index is 0.0682.